The summed E-state index contributed by atoms with van der Waals surface area (Å²) in [6, 6.07) is 34.4. The monoisotopic (exact) mass is 1260 g/mol. The fourth-order valence-corrected chi connectivity index (χ4v) is 11.4. The Morgan fingerprint density at radius 3 is 1.43 bits per heavy atom. The van der Waals surface area contributed by atoms with E-state index >= 15 is 0 Å². The summed E-state index contributed by atoms with van der Waals surface area (Å²) in [7, 11) is 0. The SMILES string of the molecule is C=C(CCc1cccc(CC(=O)O)c1)OC(C)(C)C.CC(C)(C)OC(=O)NCc1cccc(CC(=O)Cc2nnc(CCCCc3nnc(NC(=O)Cc4ccccc4)s3)s2)c1.Nc1nnc(CCCCc2nnc(NC(=O)Cc3ccccc3)s2)s1. The summed E-state index contributed by atoms with van der Waals surface area (Å²) in [5, 5.41) is 55.8. The number of Topliss-reactive ketones (excluding diaryl/α,β-unsaturated/α-hetero) is 1. The summed E-state index contributed by atoms with van der Waals surface area (Å²) in [4.78, 5) is 59.6. The number of ketones is 1. The number of nitrogens with zero attached hydrogens (tertiary/aromatic N) is 8. The minimum Gasteiger partial charge on any atom is -0.493 e. The second-order valence-electron chi connectivity index (χ2n) is 22.2. The highest BCUT2D eigenvalue weighted by molar-refractivity contribution is 7.16. The molecule has 6 N–H and O–H groups in total. The zero-order chi connectivity index (χ0) is 62.6. The third-order valence-corrected chi connectivity index (χ3v) is 15.6. The molecule has 8 rings (SSSR count). The first-order valence-corrected chi connectivity index (χ1v) is 31.8. The first kappa shape index (κ1) is 67.9. The number of rotatable bonds is 28. The average molecular weight is 1260 g/mol. The number of alkyl carbamates (subject to hydrolysis) is 1. The molecule has 4 aromatic carbocycles. The minimum atomic E-state index is -0.808. The van der Waals surface area contributed by atoms with Crippen molar-refractivity contribution >= 4 is 90.4 Å². The van der Waals surface area contributed by atoms with Crippen LogP contribution in [0, 0.1) is 0 Å². The number of hydrogen-bond donors (Lipinski definition) is 5. The van der Waals surface area contributed by atoms with Gasteiger partial charge >= 0.3 is 12.1 Å². The highest BCUT2D eigenvalue weighted by Gasteiger charge is 2.18. The number of nitrogens with two attached hydrogens (primary N) is 1. The van der Waals surface area contributed by atoms with Gasteiger partial charge < -0.3 is 36.3 Å². The molecule has 4 aromatic heterocycles. The van der Waals surface area contributed by atoms with Gasteiger partial charge in [-0.15, -0.1) is 52.1 Å². The first-order chi connectivity index (χ1) is 41.6. The van der Waals surface area contributed by atoms with Gasteiger partial charge in [-0.3, -0.25) is 19.2 Å². The molecule has 0 aliphatic rings. The Kier molecular flexibility index (Phi) is 27.2. The number of carboxylic acid groups (broad SMARTS) is 1. The van der Waals surface area contributed by atoms with Crippen molar-refractivity contribution in [3.05, 3.63) is 180 Å². The molecule has 0 unspecified atom stereocenters. The van der Waals surface area contributed by atoms with E-state index in [1.807, 2.05) is 151 Å². The number of allylic oxidation sites excluding steroid dienone is 1. The van der Waals surface area contributed by atoms with Crippen LogP contribution < -0.4 is 21.7 Å². The number of nitrogen functional groups attached to an aromatic ring is 1. The van der Waals surface area contributed by atoms with Crippen molar-refractivity contribution in [3.63, 3.8) is 0 Å². The minimum absolute atomic E-state index is 0.0582. The van der Waals surface area contributed by atoms with E-state index < -0.39 is 17.7 Å². The lowest BCUT2D eigenvalue weighted by molar-refractivity contribution is -0.136. The van der Waals surface area contributed by atoms with Crippen molar-refractivity contribution in [2.75, 3.05) is 16.4 Å². The Morgan fingerprint density at radius 2 is 0.920 bits per heavy atom. The quantitative estimate of drug-likeness (QED) is 0.0225. The van der Waals surface area contributed by atoms with Crippen LogP contribution in [-0.2, 0) is 99.4 Å². The van der Waals surface area contributed by atoms with Crippen molar-refractivity contribution in [3.8, 4) is 0 Å². The second kappa shape index (κ2) is 34.8. The van der Waals surface area contributed by atoms with Crippen LogP contribution in [0.2, 0.25) is 0 Å². The Morgan fingerprint density at radius 1 is 0.483 bits per heavy atom. The van der Waals surface area contributed by atoms with E-state index in [1.54, 1.807) is 0 Å². The molecule has 0 aliphatic heterocycles. The van der Waals surface area contributed by atoms with Gasteiger partial charge in [0.2, 0.25) is 27.2 Å². The maximum atomic E-state index is 12.7. The van der Waals surface area contributed by atoms with E-state index in [1.165, 1.54) is 45.3 Å². The summed E-state index contributed by atoms with van der Waals surface area (Å²) in [6.45, 7) is 15.7. The molecule has 0 aliphatic carbocycles. The molecular weight excluding hydrogens is 1180 g/mol. The van der Waals surface area contributed by atoms with Crippen LogP contribution >= 0.6 is 45.3 Å². The number of aryl methyl sites for hydroxylation is 5. The van der Waals surface area contributed by atoms with Crippen LogP contribution in [0.5, 0.6) is 0 Å². The second-order valence-corrected chi connectivity index (χ2v) is 26.5. The molecule has 24 heteroatoms. The number of amides is 3. The van der Waals surface area contributed by atoms with Gasteiger partial charge in [0.1, 0.15) is 42.0 Å². The van der Waals surface area contributed by atoms with Gasteiger partial charge in [0.25, 0.3) is 0 Å². The lowest BCUT2D eigenvalue weighted by atomic mass is 10.0. The Bertz CT molecular complexity index is 3460. The van der Waals surface area contributed by atoms with E-state index in [-0.39, 0.29) is 42.5 Å². The lowest BCUT2D eigenvalue weighted by Gasteiger charge is -2.22. The van der Waals surface area contributed by atoms with Gasteiger partial charge in [0.15, 0.2) is 0 Å². The number of carbonyl (C=O) groups is 5. The maximum absolute atomic E-state index is 12.7. The topological polar surface area (TPSA) is 289 Å². The Balaban J connectivity index is 0.000000231. The predicted molar refractivity (Wildman–Crippen MR) is 343 cm³/mol. The first-order valence-electron chi connectivity index (χ1n) is 28.5. The van der Waals surface area contributed by atoms with E-state index in [0.717, 1.165) is 123 Å². The van der Waals surface area contributed by atoms with Gasteiger partial charge in [-0.2, -0.15) is 0 Å². The summed E-state index contributed by atoms with van der Waals surface area (Å²) in [5.41, 5.74) is 10.4. The molecule has 3 amide bonds. The number of benzene rings is 4. The van der Waals surface area contributed by atoms with Gasteiger partial charge in [-0.25, -0.2) is 4.79 Å². The fraction of sp³-hybridized carbons (Fsp3) is 0.381. The van der Waals surface area contributed by atoms with E-state index in [4.69, 9.17) is 20.3 Å². The van der Waals surface area contributed by atoms with Crippen LogP contribution in [0.15, 0.2) is 122 Å². The van der Waals surface area contributed by atoms with Gasteiger partial charge in [0, 0.05) is 45.1 Å². The van der Waals surface area contributed by atoms with Crippen LogP contribution in [-0.4, -0.2) is 86.8 Å². The molecule has 0 atom stereocenters. The van der Waals surface area contributed by atoms with E-state index in [9.17, 15) is 24.0 Å². The molecule has 0 saturated heterocycles. The summed E-state index contributed by atoms with van der Waals surface area (Å²) in [6.07, 6.45) is 9.31. The summed E-state index contributed by atoms with van der Waals surface area (Å²) >= 11 is 5.72. The predicted octanol–water partition coefficient (Wildman–Crippen LogP) is 11.8. The molecular formula is C63H76N12O8S4. The van der Waals surface area contributed by atoms with Crippen LogP contribution in [0.1, 0.15) is 132 Å². The van der Waals surface area contributed by atoms with Crippen LogP contribution in [0.25, 0.3) is 0 Å². The molecule has 0 spiro atoms. The number of aromatic nitrogens is 8. The number of nitrogens with one attached hydrogen (secondary N) is 3. The van der Waals surface area contributed by atoms with Crippen LogP contribution in [0.4, 0.5) is 20.2 Å². The van der Waals surface area contributed by atoms with Gasteiger partial charge in [-0.1, -0.05) is 150 Å². The van der Waals surface area contributed by atoms with Gasteiger partial charge in [0.05, 0.1) is 31.4 Å². The smallest absolute Gasteiger partial charge is 0.407 e. The van der Waals surface area contributed by atoms with E-state index in [0.29, 0.717) is 39.8 Å². The highest BCUT2D eigenvalue weighted by Crippen LogP contribution is 2.23. The number of carboxylic acids is 1. The zero-order valence-corrected chi connectivity index (χ0v) is 53.3. The van der Waals surface area contributed by atoms with Crippen molar-refractivity contribution in [2.24, 2.45) is 0 Å². The molecule has 0 bridgehead atoms. The number of anilines is 3. The molecule has 460 valence electrons. The molecule has 20 nitrogen and oxygen atoms in total. The number of hydrogen-bond acceptors (Lipinski definition) is 20. The number of unbranched alkanes of at least 4 members (excludes halogenated alkanes) is 2. The molecule has 0 saturated carbocycles. The summed E-state index contributed by atoms with van der Waals surface area (Å²) in [5.74, 6) is -0.181. The van der Waals surface area contributed by atoms with Crippen molar-refractivity contribution in [2.45, 2.75) is 156 Å². The Hall–Kier alpha value is -8.19. The standard InChI is InChI=1S/C31H36N6O4S2.C16H18N6OS2.C16H22O3/c1-31(2,3)41-30(40)32-20-23-13-9-12-22(16-23)17-24(38)19-28-36-34-26(42-28)14-7-8-15-27-35-37-29(43-27)33-25(39)18-21-10-5-4-6-11-21;17-15-21-19-13(24-15)8-4-5-9-14-20-22-16(25-14)18-12(23)10-11-6-2-1-3-7-11;1-12(19-16(2,3)4)8-9-13-6-5-7-14(10-13)11-15(17)18/h4-6,9-13,16H,7-8,14-15,17-20H2,1-3H3,(H,32,40)(H,33,37,39);1-3,6-7H,4-5,8-10H2,(H2,17,21)(H,18,22,23);5-7,10H,1,8-9,11H2,2-4H3,(H,17,18). The zero-order valence-electron chi connectivity index (χ0n) is 50.0. The number of ether oxygens (including phenoxy) is 2. The third-order valence-electron chi connectivity index (χ3n) is 12.0. The molecule has 8 aromatic rings. The largest absolute Gasteiger partial charge is 0.493 e. The van der Waals surface area contributed by atoms with Gasteiger partial charge in [-0.05, 0) is 107 Å². The maximum Gasteiger partial charge on any atom is 0.407 e. The van der Waals surface area contributed by atoms with Crippen molar-refractivity contribution < 1.29 is 38.6 Å². The van der Waals surface area contributed by atoms with E-state index in [2.05, 4.69) is 63.3 Å². The molecule has 0 radical (unpaired) electrons. The normalized spacial score (nSPS) is 11.1. The third kappa shape index (κ3) is 28.3. The molecule has 87 heavy (non-hydrogen) atoms. The number of carbonyl (C=O) groups excluding carboxylic acids is 4. The average Bonchev–Trinajstić information content (AvgIpc) is 4.52. The van der Waals surface area contributed by atoms with Crippen molar-refractivity contribution in [1.29, 1.82) is 0 Å². The Labute approximate surface area is 523 Å². The molecule has 0 fully saturated rings. The fourth-order valence-electron chi connectivity index (χ4n) is 8.27. The molecule has 4 heterocycles. The van der Waals surface area contributed by atoms with Crippen LogP contribution in [0.3, 0.4) is 0 Å². The van der Waals surface area contributed by atoms with Crippen molar-refractivity contribution in [1.82, 2.24) is 46.1 Å². The summed E-state index contributed by atoms with van der Waals surface area (Å²) < 4.78 is 10.9. The number of aliphatic carboxylic acids is 1. The lowest BCUT2D eigenvalue weighted by Crippen LogP contribution is -2.32. The highest BCUT2D eigenvalue weighted by atomic mass is 32.1.